The van der Waals surface area contributed by atoms with Crippen LogP contribution in [-0.2, 0) is 5.41 Å². The molecule has 0 radical (unpaired) electrons. The van der Waals surface area contributed by atoms with Gasteiger partial charge < -0.3 is 10.8 Å². The topological polar surface area (TPSA) is 89.4 Å². The van der Waals surface area contributed by atoms with E-state index in [9.17, 15) is 10.1 Å². The van der Waals surface area contributed by atoms with Gasteiger partial charge in [-0.05, 0) is 12.0 Å². The van der Waals surface area contributed by atoms with Crippen LogP contribution >= 0.6 is 0 Å². The molecule has 0 spiro atoms. The van der Waals surface area contributed by atoms with Gasteiger partial charge in [-0.1, -0.05) is 19.1 Å². The van der Waals surface area contributed by atoms with E-state index in [0.717, 1.165) is 5.56 Å². The molecule has 3 N–H and O–H groups in total. The van der Waals surface area contributed by atoms with Crippen molar-refractivity contribution in [3.05, 3.63) is 39.9 Å². The van der Waals surface area contributed by atoms with Gasteiger partial charge in [0.1, 0.15) is 0 Å². The number of aliphatic hydroxyl groups is 1. The van der Waals surface area contributed by atoms with E-state index in [1.165, 1.54) is 12.1 Å². The molecule has 0 heterocycles. The first-order valence-corrected chi connectivity index (χ1v) is 5.09. The lowest BCUT2D eigenvalue weighted by molar-refractivity contribution is -0.384. The molecule has 0 aromatic heterocycles. The molecule has 0 fully saturated rings. The molecule has 0 bridgehead atoms. The fraction of sp³-hybridized carbons (Fsp3) is 0.455. The maximum atomic E-state index is 10.5. The average molecular weight is 224 g/mol. The molecule has 88 valence electrons. The van der Waals surface area contributed by atoms with Crippen LogP contribution in [0.1, 0.15) is 18.9 Å². The summed E-state index contributed by atoms with van der Waals surface area (Å²) in [6.07, 6.45) is 0.543. The third kappa shape index (κ3) is 2.56. The van der Waals surface area contributed by atoms with E-state index in [1.807, 2.05) is 6.92 Å². The Balaban J connectivity index is 2.99. The highest BCUT2D eigenvalue weighted by Gasteiger charge is 2.24. The van der Waals surface area contributed by atoms with Crippen LogP contribution in [-0.4, -0.2) is 23.2 Å². The Morgan fingerprint density at radius 2 is 2.00 bits per heavy atom. The number of nitro benzene ring substituents is 1. The normalized spacial score (nSPS) is 14.4. The van der Waals surface area contributed by atoms with Crippen LogP contribution in [0.15, 0.2) is 24.3 Å². The highest BCUT2D eigenvalue weighted by Crippen LogP contribution is 2.27. The summed E-state index contributed by atoms with van der Waals surface area (Å²) >= 11 is 0. The Kier molecular flexibility index (Phi) is 3.98. The van der Waals surface area contributed by atoms with Crippen molar-refractivity contribution in [2.75, 3.05) is 13.2 Å². The fourth-order valence-corrected chi connectivity index (χ4v) is 1.60. The van der Waals surface area contributed by atoms with Gasteiger partial charge in [0, 0.05) is 30.7 Å². The molecule has 0 saturated heterocycles. The van der Waals surface area contributed by atoms with Crippen LogP contribution in [0.5, 0.6) is 0 Å². The van der Waals surface area contributed by atoms with Crippen molar-refractivity contribution in [2.24, 2.45) is 5.73 Å². The lowest BCUT2D eigenvalue weighted by atomic mass is 9.80. The van der Waals surface area contributed by atoms with E-state index in [4.69, 9.17) is 10.8 Å². The van der Waals surface area contributed by atoms with Gasteiger partial charge in [0.2, 0.25) is 0 Å². The fourth-order valence-electron chi connectivity index (χ4n) is 1.60. The monoisotopic (exact) mass is 224 g/mol. The first-order valence-electron chi connectivity index (χ1n) is 5.09. The predicted molar refractivity (Wildman–Crippen MR) is 61.2 cm³/mol. The summed E-state index contributed by atoms with van der Waals surface area (Å²) in [4.78, 5) is 10.1. The molecule has 1 aromatic rings. The van der Waals surface area contributed by atoms with Crippen LogP contribution < -0.4 is 5.73 Å². The standard InChI is InChI=1S/C11H16N2O3/c1-11(8-12,6-7-14)9-2-4-10(5-3-9)13(15)16/h2-5,14H,6-8,12H2,1H3. The number of hydrogen-bond acceptors (Lipinski definition) is 4. The number of rotatable bonds is 5. The van der Waals surface area contributed by atoms with Gasteiger partial charge in [0.15, 0.2) is 0 Å². The lowest BCUT2D eigenvalue weighted by Gasteiger charge is -2.27. The van der Waals surface area contributed by atoms with E-state index in [0.29, 0.717) is 13.0 Å². The summed E-state index contributed by atoms with van der Waals surface area (Å²) in [7, 11) is 0. The molecule has 0 aliphatic carbocycles. The molecule has 0 aliphatic heterocycles. The Labute approximate surface area is 94.0 Å². The molecular weight excluding hydrogens is 208 g/mol. The number of hydrogen-bond donors (Lipinski definition) is 2. The molecule has 1 rings (SSSR count). The maximum Gasteiger partial charge on any atom is 0.269 e. The number of non-ortho nitro benzene ring substituents is 1. The van der Waals surface area contributed by atoms with Gasteiger partial charge in [-0.25, -0.2) is 0 Å². The number of nitrogens with zero attached hydrogens (tertiary/aromatic N) is 1. The third-order valence-corrected chi connectivity index (χ3v) is 2.89. The Morgan fingerprint density at radius 3 is 2.38 bits per heavy atom. The Morgan fingerprint density at radius 1 is 1.44 bits per heavy atom. The zero-order valence-corrected chi connectivity index (χ0v) is 9.22. The van der Waals surface area contributed by atoms with Gasteiger partial charge in [0.05, 0.1) is 4.92 Å². The first kappa shape index (κ1) is 12.6. The van der Waals surface area contributed by atoms with E-state index >= 15 is 0 Å². The maximum absolute atomic E-state index is 10.5. The molecule has 1 atom stereocenters. The molecule has 1 unspecified atom stereocenters. The largest absolute Gasteiger partial charge is 0.396 e. The number of nitrogens with two attached hydrogens (primary N) is 1. The first-order chi connectivity index (χ1) is 7.53. The summed E-state index contributed by atoms with van der Waals surface area (Å²) in [5.74, 6) is 0. The average Bonchev–Trinajstić information content (AvgIpc) is 2.29. The van der Waals surface area contributed by atoms with Gasteiger partial charge in [-0.15, -0.1) is 0 Å². The molecular formula is C11H16N2O3. The third-order valence-electron chi connectivity index (χ3n) is 2.89. The second-order valence-electron chi connectivity index (χ2n) is 4.04. The molecule has 0 amide bonds. The summed E-state index contributed by atoms with van der Waals surface area (Å²) in [5.41, 5.74) is 6.32. The second-order valence-corrected chi connectivity index (χ2v) is 4.04. The molecule has 5 heteroatoms. The summed E-state index contributed by atoms with van der Waals surface area (Å²) in [6.45, 7) is 2.38. The van der Waals surface area contributed by atoms with Crippen molar-refractivity contribution in [3.63, 3.8) is 0 Å². The van der Waals surface area contributed by atoms with Crippen LogP contribution in [0, 0.1) is 10.1 Å². The number of aliphatic hydroxyl groups excluding tert-OH is 1. The lowest BCUT2D eigenvalue weighted by Crippen LogP contribution is -2.32. The second kappa shape index (κ2) is 5.05. The number of nitro groups is 1. The van der Waals surface area contributed by atoms with Crippen molar-refractivity contribution in [1.29, 1.82) is 0 Å². The van der Waals surface area contributed by atoms with E-state index in [-0.39, 0.29) is 17.7 Å². The highest BCUT2D eigenvalue weighted by molar-refractivity contribution is 5.36. The zero-order valence-electron chi connectivity index (χ0n) is 9.22. The molecule has 5 nitrogen and oxygen atoms in total. The SMILES string of the molecule is CC(CN)(CCO)c1ccc([N+](=O)[O-])cc1. The minimum atomic E-state index is -0.435. The number of benzene rings is 1. The van der Waals surface area contributed by atoms with Crippen LogP contribution in [0.2, 0.25) is 0 Å². The van der Waals surface area contributed by atoms with Gasteiger partial charge in [-0.3, -0.25) is 10.1 Å². The quantitative estimate of drug-likeness (QED) is 0.580. The zero-order chi connectivity index (χ0) is 12.2. The van der Waals surface area contributed by atoms with E-state index < -0.39 is 4.92 Å². The van der Waals surface area contributed by atoms with E-state index in [2.05, 4.69) is 0 Å². The van der Waals surface area contributed by atoms with Gasteiger partial charge >= 0.3 is 0 Å². The molecule has 0 saturated carbocycles. The summed E-state index contributed by atoms with van der Waals surface area (Å²) in [5, 5.41) is 19.5. The van der Waals surface area contributed by atoms with Crippen molar-refractivity contribution < 1.29 is 10.0 Å². The van der Waals surface area contributed by atoms with Crippen molar-refractivity contribution >= 4 is 5.69 Å². The minimum absolute atomic E-state index is 0.0463. The smallest absolute Gasteiger partial charge is 0.269 e. The van der Waals surface area contributed by atoms with Gasteiger partial charge in [-0.2, -0.15) is 0 Å². The van der Waals surface area contributed by atoms with Crippen molar-refractivity contribution in [1.82, 2.24) is 0 Å². The van der Waals surface area contributed by atoms with Crippen molar-refractivity contribution in [3.8, 4) is 0 Å². The summed E-state index contributed by atoms with van der Waals surface area (Å²) in [6, 6.07) is 6.31. The summed E-state index contributed by atoms with van der Waals surface area (Å²) < 4.78 is 0. The van der Waals surface area contributed by atoms with Crippen LogP contribution in [0.25, 0.3) is 0 Å². The highest BCUT2D eigenvalue weighted by atomic mass is 16.6. The van der Waals surface area contributed by atoms with Crippen LogP contribution in [0.3, 0.4) is 0 Å². The molecule has 0 aliphatic rings. The molecule has 1 aromatic carbocycles. The molecule has 16 heavy (non-hydrogen) atoms. The van der Waals surface area contributed by atoms with E-state index in [1.54, 1.807) is 12.1 Å². The minimum Gasteiger partial charge on any atom is -0.396 e. The van der Waals surface area contributed by atoms with Crippen LogP contribution in [0.4, 0.5) is 5.69 Å². The van der Waals surface area contributed by atoms with Crippen molar-refractivity contribution in [2.45, 2.75) is 18.8 Å². The Bertz CT molecular complexity index is 364. The van der Waals surface area contributed by atoms with Gasteiger partial charge in [0.25, 0.3) is 5.69 Å². The Hall–Kier alpha value is -1.46. The predicted octanol–water partition coefficient (Wildman–Crippen LogP) is 1.19.